The first-order chi connectivity index (χ1) is 14.6. The number of nitrogens with one attached hydrogen (secondary N) is 3. The molecule has 158 valence electrons. The second-order valence-corrected chi connectivity index (χ2v) is 8.99. The van der Waals surface area contributed by atoms with Gasteiger partial charge in [0.15, 0.2) is 5.13 Å². The Kier molecular flexibility index (Phi) is 6.67. The van der Waals surface area contributed by atoms with Crippen molar-refractivity contribution in [3.8, 4) is 5.75 Å². The maximum atomic E-state index is 5.63. The number of hydrogen-bond donors (Lipinski definition) is 3. The summed E-state index contributed by atoms with van der Waals surface area (Å²) in [5, 5.41) is 11.8. The first-order valence-electron chi connectivity index (χ1n) is 10.5. The summed E-state index contributed by atoms with van der Waals surface area (Å²) in [5.74, 6) is 0.902. The number of anilines is 2. The average molecular weight is 423 g/mol. The topological polar surface area (TPSA) is 58.2 Å². The van der Waals surface area contributed by atoms with E-state index in [4.69, 9.17) is 4.74 Å². The van der Waals surface area contributed by atoms with Crippen LogP contribution in [0, 0.1) is 13.8 Å². The molecule has 30 heavy (non-hydrogen) atoms. The first-order valence-corrected chi connectivity index (χ1v) is 11.4. The molecule has 5 nitrogen and oxygen atoms in total. The van der Waals surface area contributed by atoms with Gasteiger partial charge in [0.05, 0.1) is 12.8 Å². The Balaban J connectivity index is 1.48. The second-order valence-electron chi connectivity index (χ2n) is 7.78. The molecule has 2 heterocycles. The summed E-state index contributed by atoms with van der Waals surface area (Å²) in [7, 11) is 1.73. The van der Waals surface area contributed by atoms with Gasteiger partial charge in [-0.25, -0.2) is 4.98 Å². The molecule has 0 spiro atoms. The van der Waals surface area contributed by atoms with Crippen LogP contribution < -0.4 is 20.7 Å². The molecule has 4 rings (SSSR count). The van der Waals surface area contributed by atoms with Gasteiger partial charge in [0.1, 0.15) is 5.75 Å². The number of nitrogens with zero attached hydrogens (tertiary/aromatic N) is 1. The lowest BCUT2D eigenvalue weighted by Gasteiger charge is -2.34. The molecule has 1 aliphatic rings. The van der Waals surface area contributed by atoms with E-state index in [2.05, 4.69) is 64.3 Å². The quantitative estimate of drug-likeness (QED) is 0.495. The molecule has 3 N–H and O–H groups in total. The van der Waals surface area contributed by atoms with Gasteiger partial charge in [-0.2, -0.15) is 0 Å². The summed E-state index contributed by atoms with van der Waals surface area (Å²) in [5.41, 5.74) is 4.59. The molecule has 1 aromatic heterocycles. The fraction of sp³-hybridized carbons (Fsp3) is 0.375. The normalized spacial score (nSPS) is 18.9. The molecule has 0 unspecified atom stereocenters. The smallest absolute Gasteiger partial charge is 0.187 e. The number of piperidine rings is 1. The maximum absolute atomic E-state index is 5.63. The number of aryl methyl sites for hydroxylation is 2. The van der Waals surface area contributed by atoms with Crippen molar-refractivity contribution in [2.24, 2.45) is 0 Å². The van der Waals surface area contributed by atoms with Crippen LogP contribution >= 0.6 is 11.3 Å². The Morgan fingerprint density at radius 1 is 1.17 bits per heavy atom. The Hall–Kier alpha value is -2.41. The zero-order chi connectivity index (χ0) is 20.9. The number of rotatable bonds is 7. The van der Waals surface area contributed by atoms with Gasteiger partial charge in [-0.15, -0.1) is 11.3 Å². The molecule has 2 aromatic carbocycles. The lowest BCUT2D eigenvalue weighted by molar-refractivity contribution is 0.303. The minimum Gasteiger partial charge on any atom is -0.496 e. The average Bonchev–Trinajstić information content (AvgIpc) is 3.09. The van der Waals surface area contributed by atoms with Crippen molar-refractivity contribution in [1.82, 2.24) is 15.6 Å². The Morgan fingerprint density at radius 2 is 2.00 bits per heavy atom. The third-order valence-corrected chi connectivity index (χ3v) is 6.72. The van der Waals surface area contributed by atoms with Crippen molar-refractivity contribution in [3.63, 3.8) is 0 Å². The lowest BCUT2D eigenvalue weighted by atomic mass is 9.92. The highest BCUT2D eigenvalue weighted by Gasteiger charge is 2.25. The predicted octanol–water partition coefficient (Wildman–Crippen LogP) is 5.10. The van der Waals surface area contributed by atoms with E-state index in [0.717, 1.165) is 47.3 Å². The highest BCUT2D eigenvalue weighted by Crippen LogP contribution is 2.29. The summed E-state index contributed by atoms with van der Waals surface area (Å²) in [6, 6.07) is 17.7. The van der Waals surface area contributed by atoms with Crippen LogP contribution in [0.1, 0.15) is 40.6 Å². The molecular formula is C24H30N4OS. The fourth-order valence-electron chi connectivity index (χ4n) is 4.00. The van der Waals surface area contributed by atoms with E-state index in [1.165, 1.54) is 16.9 Å². The summed E-state index contributed by atoms with van der Waals surface area (Å²) < 4.78 is 5.63. The van der Waals surface area contributed by atoms with Gasteiger partial charge in [0, 0.05) is 34.8 Å². The minimum atomic E-state index is 0.327. The molecule has 0 aliphatic carbocycles. The number of benzene rings is 2. The predicted molar refractivity (Wildman–Crippen MR) is 125 cm³/mol. The zero-order valence-electron chi connectivity index (χ0n) is 17.9. The molecular weight excluding hydrogens is 392 g/mol. The highest BCUT2D eigenvalue weighted by molar-refractivity contribution is 7.15. The van der Waals surface area contributed by atoms with Crippen LogP contribution in [0.25, 0.3) is 0 Å². The van der Waals surface area contributed by atoms with Gasteiger partial charge >= 0.3 is 0 Å². The Bertz CT molecular complexity index is 953. The zero-order valence-corrected chi connectivity index (χ0v) is 18.7. The van der Waals surface area contributed by atoms with E-state index < -0.39 is 0 Å². The molecule has 2 atom stereocenters. The van der Waals surface area contributed by atoms with E-state index in [1.54, 1.807) is 18.4 Å². The number of hydrogen-bond acceptors (Lipinski definition) is 6. The number of aromatic nitrogens is 1. The molecule has 0 bridgehead atoms. The second kappa shape index (κ2) is 9.60. The molecule has 0 radical (unpaired) electrons. The summed E-state index contributed by atoms with van der Waals surface area (Å²) in [4.78, 5) is 5.83. The van der Waals surface area contributed by atoms with Crippen molar-refractivity contribution in [1.29, 1.82) is 0 Å². The largest absolute Gasteiger partial charge is 0.496 e. The number of ether oxygens (including phenoxy) is 1. The van der Waals surface area contributed by atoms with E-state index in [1.807, 2.05) is 19.1 Å². The van der Waals surface area contributed by atoms with Crippen LogP contribution in [0.3, 0.4) is 0 Å². The van der Waals surface area contributed by atoms with Crippen molar-refractivity contribution in [2.45, 2.75) is 45.3 Å². The monoisotopic (exact) mass is 422 g/mol. The van der Waals surface area contributed by atoms with Crippen molar-refractivity contribution >= 4 is 22.2 Å². The molecule has 0 amide bonds. The van der Waals surface area contributed by atoms with Crippen LogP contribution in [0.2, 0.25) is 0 Å². The fourth-order valence-corrected chi connectivity index (χ4v) is 4.84. The molecule has 1 aliphatic heterocycles. The molecule has 1 saturated heterocycles. The van der Waals surface area contributed by atoms with Crippen LogP contribution in [0.4, 0.5) is 10.8 Å². The Morgan fingerprint density at radius 3 is 2.73 bits per heavy atom. The molecule has 0 saturated carbocycles. The van der Waals surface area contributed by atoms with Crippen LogP contribution in [0.5, 0.6) is 5.75 Å². The van der Waals surface area contributed by atoms with E-state index >= 15 is 0 Å². The SMILES string of the molecule is COc1ccc(Nc2nc(C)c(C)s2)cc1CN[C@H]1CCCN[C@@H]1c1ccccc1. The van der Waals surface area contributed by atoms with Gasteiger partial charge in [-0.05, 0) is 57.0 Å². The van der Waals surface area contributed by atoms with Crippen LogP contribution in [-0.2, 0) is 6.54 Å². The van der Waals surface area contributed by atoms with Crippen LogP contribution in [-0.4, -0.2) is 24.7 Å². The minimum absolute atomic E-state index is 0.327. The standard InChI is InChI=1S/C24H30N4OS/c1-16-17(2)30-24(27-16)28-20-11-12-22(29-3)19(14-20)15-26-21-10-7-13-25-23(21)18-8-5-4-6-9-18/h4-6,8-9,11-12,14,21,23,25-26H,7,10,13,15H2,1-3H3,(H,27,28)/t21-,23+/m0/s1. The summed E-state index contributed by atoms with van der Waals surface area (Å²) in [6.45, 7) is 5.96. The van der Waals surface area contributed by atoms with E-state index in [-0.39, 0.29) is 0 Å². The summed E-state index contributed by atoms with van der Waals surface area (Å²) >= 11 is 1.68. The van der Waals surface area contributed by atoms with Gasteiger partial charge in [-0.1, -0.05) is 30.3 Å². The van der Waals surface area contributed by atoms with Crippen LogP contribution in [0.15, 0.2) is 48.5 Å². The van der Waals surface area contributed by atoms with Crippen molar-refractivity contribution in [2.75, 3.05) is 19.0 Å². The first kappa shape index (κ1) is 20.8. The molecule has 1 fully saturated rings. The third-order valence-electron chi connectivity index (χ3n) is 5.73. The highest BCUT2D eigenvalue weighted by atomic mass is 32.1. The molecule has 6 heteroatoms. The van der Waals surface area contributed by atoms with E-state index in [0.29, 0.717) is 12.1 Å². The van der Waals surface area contributed by atoms with Gasteiger partial charge in [0.25, 0.3) is 0 Å². The van der Waals surface area contributed by atoms with Gasteiger partial charge < -0.3 is 20.7 Å². The van der Waals surface area contributed by atoms with Gasteiger partial charge in [-0.3, -0.25) is 0 Å². The molecule has 3 aromatic rings. The Labute approximate surface area is 182 Å². The maximum Gasteiger partial charge on any atom is 0.187 e. The lowest BCUT2D eigenvalue weighted by Crippen LogP contribution is -2.45. The van der Waals surface area contributed by atoms with Crippen molar-refractivity contribution in [3.05, 3.63) is 70.2 Å². The van der Waals surface area contributed by atoms with Crippen molar-refractivity contribution < 1.29 is 4.74 Å². The van der Waals surface area contributed by atoms with E-state index in [9.17, 15) is 0 Å². The van der Waals surface area contributed by atoms with Gasteiger partial charge in [0.2, 0.25) is 0 Å². The summed E-state index contributed by atoms with van der Waals surface area (Å²) in [6.07, 6.45) is 2.34. The number of methoxy groups -OCH3 is 1. The third kappa shape index (κ3) is 4.83. The number of thiazole rings is 1.